The summed E-state index contributed by atoms with van der Waals surface area (Å²) in [5.41, 5.74) is 6.91. The number of ether oxygens (including phenoxy) is 1. The molecule has 0 amide bonds. The van der Waals surface area contributed by atoms with Gasteiger partial charge in [-0.3, -0.25) is 0 Å². The van der Waals surface area contributed by atoms with Crippen LogP contribution in [-0.2, 0) is 6.42 Å². The number of aliphatic hydroxyl groups is 1. The summed E-state index contributed by atoms with van der Waals surface area (Å²) in [7, 11) is 0. The van der Waals surface area contributed by atoms with Crippen LogP contribution in [0.5, 0.6) is 11.5 Å². The van der Waals surface area contributed by atoms with Gasteiger partial charge in [0.1, 0.15) is 0 Å². The predicted molar refractivity (Wildman–Crippen MR) is 125 cm³/mol. The minimum Gasteiger partial charge on any atom is -0.504 e. The number of aryl methyl sites for hydroxylation is 1. The lowest BCUT2D eigenvalue weighted by atomic mass is 9.88. The van der Waals surface area contributed by atoms with E-state index in [2.05, 4.69) is 20.8 Å². The van der Waals surface area contributed by atoms with Gasteiger partial charge in [-0.15, -0.1) is 0 Å². The van der Waals surface area contributed by atoms with Crippen LogP contribution >= 0.6 is 0 Å². The van der Waals surface area contributed by atoms with Gasteiger partial charge in [0.05, 0.1) is 13.2 Å². The highest BCUT2D eigenvalue weighted by atomic mass is 16.5. The van der Waals surface area contributed by atoms with E-state index in [0.29, 0.717) is 18.3 Å². The van der Waals surface area contributed by atoms with Crippen LogP contribution in [0.1, 0.15) is 90.5 Å². The smallest absolute Gasteiger partial charge is 0.160 e. The Bertz CT molecular complexity index is 614. The maximum atomic E-state index is 10.3. The van der Waals surface area contributed by atoms with Crippen molar-refractivity contribution in [3.8, 4) is 11.5 Å². The molecule has 4 N–H and O–H groups in total. The fraction of sp³-hybridized carbons (Fsp3) is 0.769. The van der Waals surface area contributed by atoms with Crippen LogP contribution in [-0.4, -0.2) is 29.0 Å². The maximum absolute atomic E-state index is 10.3. The first-order chi connectivity index (χ1) is 14.3. The normalized spacial score (nSPS) is 17.1. The van der Waals surface area contributed by atoms with Crippen molar-refractivity contribution >= 4 is 0 Å². The Kier molecular flexibility index (Phi) is 10.5. The summed E-state index contributed by atoms with van der Waals surface area (Å²) in [6, 6.07) is 5.64. The first-order valence-corrected chi connectivity index (χ1v) is 12.2. The average Bonchev–Trinajstić information content (AvgIpc) is 3.51. The molecule has 1 unspecified atom stereocenters. The molecule has 2 rings (SSSR count). The molecule has 1 aliphatic rings. The van der Waals surface area contributed by atoms with Gasteiger partial charge in [0.2, 0.25) is 0 Å². The highest BCUT2D eigenvalue weighted by molar-refractivity contribution is 5.41. The molecule has 4 nitrogen and oxygen atoms in total. The quantitative estimate of drug-likeness (QED) is 0.295. The number of aromatic hydroxyl groups is 1. The van der Waals surface area contributed by atoms with E-state index in [4.69, 9.17) is 10.5 Å². The first-order valence-electron chi connectivity index (χ1n) is 12.2. The lowest BCUT2D eigenvalue weighted by molar-refractivity contribution is 0.172. The van der Waals surface area contributed by atoms with Crippen LogP contribution in [0.4, 0.5) is 0 Å². The summed E-state index contributed by atoms with van der Waals surface area (Å²) < 4.78 is 5.80. The van der Waals surface area contributed by atoms with Crippen LogP contribution < -0.4 is 10.5 Å². The monoisotopic (exact) mass is 419 g/mol. The zero-order valence-corrected chi connectivity index (χ0v) is 19.5. The number of aliphatic hydroxyl groups excluding tert-OH is 1. The van der Waals surface area contributed by atoms with Gasteiger partial charge in [-0.25, -0.2) is 0 Å². The fourth-order valence-corrected chi connectivity index (χ4v) is 4.17. The minimum absolute atomic E-state index is 0.0209. The largest absolute Gasteiger partial charge is 0.504 e. The molecule has 0 saturated heterocycles. The molecule has 1 aromatic carbocycles. The molecule has 0 radical (unpaired) electrons. The number of unbranched alkanes of at least 4 members (excludes halogenated alkanes) is 1. The molecule has 0 bridgehead atoms. The Morgan fingerprint density at radius 1 is 1.10 bits per heavy atom. The third-order valence-corrected chi connectivity index (χ3v) is 6.47. The van der Waals surface area contributed by atoms with Crippen molar-refractivity contribution < 1.29 is 14.9 Å². The molecule has 2 atom stereocenters. The molecule has 1 aromatic rings. The van der Waals surface area contributed by atoms with Gasteiger partial charge >= 0.3 is 0 Å². The van der Waals surface area contributed by atoms with E-state index in [1.54, 1.807) is 6.07 Å². The molecule has 0 heterocycles. The Labute approximate surface area is 184 Å². The molecular weight excluding hydrogens is 374 g/mol. The van der Waals surface area contributed by atoms with Gasteiger partial charge in [-0.2, -0.15) is 0 Å². The second kappa shape index (κ2) is 12.6. The van der Waals surface area contributed by atoms with Gasteiger partial charge in [0, 0.05) is 5.54 Å². The number of benzene rings is 1. The Balaban J connectivity index is 1.65. The summed E-state index contributed by atoms with van der Waals surface area (Å²) >= 11 is 0. The number of rotatable bonds is 16. The molecule has 1 saturated carbocycles. The van der Waals surface area contributed by atoms with Crippen LogP contribution in [0, 0.1) is 17.8 Å². The summed E-state index contributed by atoms with van der Waals surface area (Å²) in [5, 5.41) is 20.0. The number of hydrogen-bond acceptors (Lipinski definition) is 4. The van der Waals surface area contributed by atoms with E-state index >= 15 is 0 Å². The third kappa shape index (κ3) is 9.70. The molecule has 0 spiro atoms. The zero-order valence-electron chi connectivity index (χ0n) is 19.5. The van der Waals surface area contributed by atoms with Gasteiger partial charge in [0.25, 0.3) is 0 Å². The number of phenolic OH excluding ortho intramolecular Hbond substituents is 1. The van der Waals surface area contributed by atoms with Gasteiger partial charge in [0.15, 0.2) is 11.5 Å². The Morgan fingerprint density at radius 2 is 1.83 bits per heavy atom. The maximum Gasteiger partial charge on any atom is 0.160 e. The van der Waals surface area contributed by atoms with Gasteiger partial charge in [-0.05, 0) is 67.6 Å². The fourth-order valence-electron chi connectivity index (χ4n) is 4.17. The highest BCUT2D eigenvalue weighted by Crippen LogP contribution is 2.37. The SMILES string of the molecule is CC(C)CCCC(C)CCCCOc1ccc(CC[C@@](N)(CO)CC2CC2)cc1O. The molecule has 4 heteroatoms. The number of phenols is 1. The Morgan fingerprint density at radius 3 is 2.47 bits per heavy atom. The van der Waals surface area contributed by atoms with Crippen molar-refractivity contribution in [2.45, 2.75) is 96.9 Å². The summed E-state index contributed by atoms with van der Waals surface area (Å²) in [5.74, 6) is 3.03. The van der Waals surface area contributed by atoms with E-state index in [1.165, 1.54) is 44.9 Å². The summed E-state index contributed by atoms with van der Waals surface area (Å²) in [6.07, 6.45) is 12.3. The van der Waals surface area contributed by atoms with E-state index in [-0.39, 0.29) is 12.4 Å². The molecule has 0 aromatic heterocycles. The van der Waals surface area contributed by atoms with Crippen molar-refractivity contribution in [1.29, 1.82) is 0 Å². The molecule has 30 heavy (non-hydrogen) atoms. The average molecular weight is 420 g/mol. The van der Waals surface area contributed by atoms with Crippen molar-refractivity contribution in [3.05, 3.63) is 23.8 Å². The lowest BCUT2D eigenvalue weighted by Crippen LogP contribution is -2.44. The number of nitrogens with two attached hydrogens (primary N) is 1. The van der Waals surface area contributed by atoms with Crippen molar-refractivity contribution in [2.24, 2.45) is 23.5 Å². The van der Waals surface area contributed by atoms with E-state index in [1.807, 2.05) is 12.1 Å². The van der Waals surface area contributed by atoms with Crippen molar-refractivity contribution in [3.63, 3.8) is 0 Å². The van der Waals surface area contributed by atoms with Crippen LogP contribution in [0.2, 0.25) is 0 Å². The van der Waals surface area contributed by atoms with E-state index in [0.717, 1.165) is 43.1 Å². The first kappa shape index (κ1) is 25.0. The third-order valence-electron chi connectivity index (χ3n) is 6.47. The van der Waals surface area contributed by atoms with Crippen molar-refractivity contribution in [1.82, 2.24) is 0 Å². The van der Waals surface area contributed by atoms with Crippen LogP contribution in [0.25, 0.3) is 0 Å². The van der Waals surface area contributed by atoms with Crippen LogP contribution in [0.3, 0.4) is 0 Å². The summed E-state index contributed by atoms with van der Waals surface area (Å²) in [4.78, 5) is 0. The lowest BCUT2D eigenvalue weighted by Gasteiger charge is -2.27. The van der Waals surface area contributed by atoms with Crippen molar-refractivity contribution in [2.75, 3.05) is 13.2 Å². The molecule has 1 fully saturated rings. The highest BCUT2D eigenvalue weighted by Gasteiger charge is 2.33. The summed E-state index contributed by atoms with van der Waals surface area (Å²) in [6.45, 7) is 7.60. The standard InChI is InChI=1S/C26H45NO3/c1-20(2)7-6-9-21(3)8-4-5-16-30-25-13-12-22(17-24(25)29)14-15-26(27,19-28)18-23-10-11-23/h12-13,17,20-21,23,28-29H,4-11,14-16,18-19,27H2,1-3H3/t21?,26-/m0/s1. The molecule has 172 valence electrons. The molecular formula is C26H45NO3. The van der Waals surface area contributed by atoms with E-state index < -0.39 is 5.54 Å². The van der Waals surface area contributed by atoms with Crippen LogP contribution in [0.15, 0.2) is 18.2 Å². The zero-order chi connectivity index (χ0) is 22.0. The Hall–Kier alpha value is -1.26. The van der Waals surface area contributed by atoms with Gasteiger partial charge < -0.3 is 20.7 Å². The van der Waals surface area contributed by atoms with Gasteiger partial charge in [-0.1, -0.05) is 65.4 Å². The second-order valence-corrected chi connectivity index (χ2v) is 10.2. The predicted octanol–water partition coefficient (Wildman–Crippen LogP) is 5.83. The van der Waals surface area contributed by atoms with E-state index in [9.17, 15) is 10.2 Å². The molecule has 0 aliphatic heterocycles. The minimum atomic E-state index is -0.502. The topological polar surface area (TPSA) is 75.7 Å². The second-order valence-electron chi connectivity index (χ2n) is 10.2. The molecule has 1 aliphatic carbocycles. The number of hydrogen-bond donors (Lipinski definition) is 3.